The summed E-state index contributed by atoms with van der Waals surface area (Å²) in [5, 5.41) is 0. The van der Waals surface area contributed by atoms with E-state index in [4.69, 9.17) is 5.73 Å². The van der Waals surface area contributed by atoms with E-state index < -0.39 is 10.0 Å². The number of sulfonamides is 1. The monoisotopic (exact) mass is 375 g/mol. The van der Waals surface area contributed by atoms with Gasteiger partial charge in [0, 0.05) is 24.7 Å². The summed E-state index contributed by atoms with van der Waals surface area (Å²) in [6.07, 6.45) is 2.96. The first kappa shape index (κ1) is 20.7. The highest BCUT2D eigenvalue weighted by Gasteiger charge is 2.29. The third-order valence-corrected chi connectivity index (χ3v) is 4.88. The van der Waals surface area contributed by atoms with Gasteiger partial charge in [-0.1, -0.05) is 13.0 Å². The molecule has 0 saturated carbocycles. The fourth-order valence-corrected chi connectivity index (χ4v) is 3.59. The van der Waals surface area contributed by atoms with Crippen LogP contribution in [0.15, 0.2) is 18.2 Å². The van der Waals surface area contributed by atoms with Crippen molar-refractivity contribution in [3.8, 4) is 0 Å². The van der Waals surface area contributed by atoms with E-state index >= 15 is 0 Å². The minimum absolute atomic E-state index is 0. The standard InChI is InChI=1S/C16H25N3O3S.ClH/c1-11-6-7-19(14(8-11)10-17)16(20)13-5-4-12(2)15(9-13)18-23(3,21)22;/h4-5,9,11,14,18H,6-8,10,17H2,1-3H3;1H. The first-order valence-electron chi connectivity index (χ1n) is 7.80. The van der Waals surface area contributed by atoms with Gasteiger partial charge in [-0.15, -0.1) is 12.4 Å². The Kier molecular flexibility index (Phi) is 7.07. The third kappa shape index (κ3) is 5.09. The quantitative estimate of drug-likeness (QED) is 0.841. The van der Waals surface area contributed by atoms with Crippen molar-refractivity contribution in [2.45, 2.75) is 32.7 Å². The Morgan fingerprint density at radius 3 is 2.67 bits per heavy atom. The fourth-order valence-electron chi connectivity index (χ4n) is 2.97. The number of rotatable bonds is 4. The zero-order valence-electron chi connectivity index (χ0n) is 14.3. The normalized spacial score (nSPS) is 21.1. The summed E-state index contributed by atoms with van der Waals surface area (Å²) in [5.41, 5.74) is 7.52. The van der Waals surface area contributed by atoms with Gasteiger partial charge < -0.3 is 10.6 Å². The number of nitrogens with two attached hydrogens (primary N) is 1. The predicted octanol–water partition coefficient (Wildman–Crippen LogP) is 1.99. The van der Waals surface area contributed by atoms with Gasteiger partial charge in [0.25, 0.3) is 5.91 Å². The van der Waals surface area contributed by atoms with Crippen molar-refractivity contribution in [2.24, 2.45) is 11.7 Å². The maximum atomic E-state index is 12.8. The van der Waals surface area contributed by atoms with Gasteiger partial charge in [0.1, 0.15) is 0 Å². The number of benzene rings is 1. The van der Waals surface area contributed by atoms with Crippen molar-refractivity contribution in [1.82, 2.24) is 4.90 Å². The molecule has 0 aliphatic carbocycles. The number of carbonyl (C=O) groups excluding carboxylic acids is 1. The van der Waals surface area contributed by atoms with Crippen LogP contribution in [0.25, 0.3) is 0 Å². The van der Waals surface area contributed by atoms with Crippen LogP contribution in [0.2, 0.25) is 0 Å². The largest absolute Gasteiger partial charge is 0.334 e. The van der Waals surface area contributed by atoms with Crippen LogP contribution >= 0.6 is 12.4 Å². The van der Waals surface area contributed by atoms with Crippen LogP contribution in [-0.4, -0.2) is 44.6 Å². The van der Waals surface area contributed by atoms with Crippen molar-refractivity contribution in [3.05, 3.63) is 29.3 Å². The zero-order valence-corrected chi connectivity index (χ0v) is 15.9. The molecule has 0 spiro atoms. The molecule has 1 aromatic rings. The van der Waals surface area contributed by atoms with Gasteiger partial charge in [0.05, 0.1) is 11.9 Å². The highest BCUT2D eigenvalue weighted by atomic mass is 35.5. The van der Waals surface area contributed by atoms with Gasteiger partial charge in [0.15, 0.2) is 0 Å². The fraction of sp³-hybridized carbons (Fsp3) is 0.562. The molecule has 0 radical (unpaired) electrons. The number of halogens is 1. The van der Waals surface area contributed by atoms with Gasteiger partial charge >= 0.3 is 0 Å². The van der Waals surface area contributed by atoms with Crippen molar-refractivity contribution in [2.75, 3.05) is 24.1 Å². The van der Waals surface area contributed by atoms with E-state index in [1.807, 2.05) is 4.90 Å². The molecule has 1 fully saturated rings. The average molecular weight is 376 g/mol. The number of likely N-dealkylation sites (tertiary alicyclic amines) is 1. The number of hydrogen-bond donors (Lipinski definition) is 2. The molecule has 3 N–H and O–H groups in total. The molecule has 2 atom stereocenters. The summed E-state index contributed by atoms with van der Waals surface area (Å²) in [6, 6.07) is 5.13. The third-order valence-electron chi connectivity index (χ3n) is 4.29. The molecule has 1 aliphatic rings. The van der Waals surface area contributed by atoms with Crippen LogP contribution in [0.5, 0.6) is 0 Å². The molecule has 6 nitrogen and oxygen atoms in total. The molecule has 8 heteroatoms. The van der Waals surface area contributed by atoms with E-state index in [-0.39, 0.29) is 24.4 Å². The Morgan fingerprint density at radius 2 is 2.08 bits per heavy atom. The summed E-state index contributed by atoms with van der Waals surface area (Å²) in [7, 11) is -3.38. The lowest BCUT2D eigenvalue weighted by atomic mass is 9.92. The minimum atomic E-state index is -3.38. The molecule has 2 rings (SSSR count). The topological polar surface area (TPSA) is 92.5 Å². The second-order valence-corrected chi connectivity index (χ2v) is 8.17. The molecular formula is C16H26ClN3O3S. The Labute approximate surface area is 150 Å². The van der Waals surface area contributed by atoms with Gasteiger partial charge in [-0.25, -0.2) is 8.42 Å². The maximum Gasteiger partial charge on any atom is 0.254 e. The van der Waals surface area contributed by atoms with Crippen LogP contribution in [0.1, 0.15) is 35.7 Å². The second-order valence-electron chi connectivity index (χ2n) is 6.42. The number of carbonyl (C=O) groups is 1. The number of aryl methyl sites for hydroxylation is 1. The SMILES string of the molecule is Cc1ccc(C(=O)N2CCC(C)CC2CN)cc1NS(C)(=O)=O.Cl. The lowest BCUT2D eigenvalue weighted by molar-refractivity contribution is 0.0573. The van der Waals surface area contributed by atoms with E-state index in [9.17, 15) is 13.2 Å². The Balaban J connectivity index is 0.00000288. The van der Waals surface area contributed by atoms with Crippen LogP contribution in [0.4, 0.5) is 5.69 Å². The van der Waals surface area contributed by atoms with Gasteiger partial charge in [-0.2, -0.15) is 0 Å². The molecule has 1 saturated heterocycles. The predicted molar refractivity (Wildman–Crippen MR) is 99.2 cm³/mol. The molecule has 136 valence electrons. The first-order valence-corrected chi connectivity index (χ1v) is 9.70. The lowest BCUT2D eigenvalue weighted by Gasteiger charge is -2.38. The molecule has 1 amide bonds. The minimum Gasteiger partial charge on any atom is -0.334 e. The highest BCUT2D eigenvalue weighted by molar-refractivity contribution is 7.92. The molecule has 0 aromatic heterocycles. The first-order chi connectivity index (χ1) is 10.7. The van der Waals surface area contributed by atoms with Crippen LogP contribution in [0.3, 0.4) is 0 Å². The average Bonchev–Trinajstić information content (AvgIpc) is 2.47. The summed E-state index contributed by atoms with van der Waals surface area (Å²) < 4.78 is 25.4. The van der Waals surface area contributed by atoms with Crippen LogP contribution in [0, 0.1) is 12.8 Å². The number of nitrogens with zero attached hydrogens (tertiary/aromatic N) is 1. The lowest BCUT2D eigenvalue weighted by Crippen LogP contribution is -2.49. The molecule has 1 aromatic carbocycles. The van der Waals surface area contributed by atoms with Crippen molar-refractivity contribution < 1.29 is 13.2 Å². The van der Waals surface area contributed by atoms with Gasteiger partial charge in [0.2, 0.25) is 10.0 Å². The summed E-state index contributed by atoms with van der Waals surface area (Å²) in [5.74, 6) is 0.469. The number of amides is 1. The number of piperidine rings is 1. The van der Waals surface area contributed by atoms with Crippen molar-refractivity contribution in [3.63, 3.8) is 0 Å². The highest BCUT2D eigenvalue weighted by Crippen LogP contribution is 2.25. The maximum absolute atomic E-state index is 12.8. The van der Waals surface area contributed by atoms with Crippen molar-refractivity contribution in [1.29, 1.82) is 0 Å². The van der Waals surface area contributed by atoms with Gasteiger partial charge in [-0.05, 0) is 43.4 Å². The molecule has 24 heavy (non-hydrogen) atoms. The van der Waals surface area contributed by atoms with Crippen LogP contribution in [-0.2, 0) is 10.0 Å². The van der Waals surface area contributed by atoms with Gasteiger partial charge in [-0.3, -0.25) is 9.52 Å². The Hall–Kier alpha value is -1.31. The summed E-state index contributed by atoms with van der Waals surface area (Å²) in [6.45, 7) is 5.10. The van der Waals surface area contributed by atoms with E-state index in [1.54, 1.807) is 25.1 Å². The number of hydrogen-bond acceptors (Lipinski definition) is 4. The van der Waals surface area contributed by atoms with E-state index in [2.05, 4.69) is 11.6 Å². The smallest absolute Gasteiger partial charge is 0.254 e. The van der Waals surface area contributed by atoms with E-state index in [1.165, 1.54) is 0 Å². The van der Waals surface area contributed by atoms with E-state index in [0.717, 1.165) is 24.7 Å². The number of anilines is 1. The Bertz CT molecular complexity index is 694. The zero-order chi connectivity index (χ0) is 17.2. The Morgan fingerprint density at radius 1 is 1.42 bits per heavy atom. The van der Waals surface area contributed by atoms with E-state index in [0.29, 0.717) is 30.3 Å². The molecular weight excluding hydrogens is 350 g/mol. The molecule has 1 heterocycles. The molecule has 1 aliphatic heterocycles. The summed E-state index contributed by atoms with van der Waals surface area (Å²) >= 11 is 0. The second kappa shape index (κ2) is 8.18. The van der Waals surface area contributed by atoms with Crippen LogP contribution < -0.4 is 10.5 Å². The molecule has 0 bridgehead atoms. The summed E-state index contributed by atoms with van der Waals surface area (Å²) in [4.78, 5) is 14.6. The van der Waals surface area contributed by atoms with Crippen molar-refractivity contribution >= 4 is 34.0 Å². The number of nitrogens with one attached hydrogen (secondary N) is 1. The molecule has 2 unspecified atom stereocenters.